The van der Waals surface area contributed by atoms with Gasteiger partial charge in [0.2, 0.25) is 0 Å². The van der Waals surface area contributed by atoms with E-state index in [9.17, 15) is 9.59 Å². The number of hydrogen-bond acceptors (Lipinski definition) is 5. The first-order chi connectivity index (χ1) is 8.51. The maximum absolute atomic E-state index is 10.9. The lowest BCUT2D eigenvalue weighted by atomic mass is 10.2. The van der Waals surface area contributed by atoms with Crippen molar-refractivity contribution in [3.05, 3.63) is 25.3 Å². The van der Waals surface area contributed by atoms with E-state index < -0.39 is 24.1 Å². The van der Waals surface area contributed by atoms with Crippen molar-refractivity contribution < 1.29 is 23.8 Å². The third-order valence-electron chi connectivity index (χ3n) is 2.01. The fourth-order valence-corrected chi connectivity index (χ4v) is 1.21. The van der Waals surface area contributed by atoms with E-state index in [-0.39, 0.29) is 6.61 Å². The zero-order valence-electron chi connectivity index (χ0n) is 10.9. The van der Waals surface area contributed by atoms with Crippen LogP contribution in [0.5, 0.6) is 0 Å². The molecule has 5 heteroatoms. The summed E-state index contributed by atoms with van der Waals surface area (Å²) in [6, 6.07) is 0. The number of esters is 2. The van der Waals surface area contributed by atoms with Crippen molar-refractivity contribution in [3.8, 4) is 0 Å². The van der Waals surface area contributed by atoms with E-state index >= 15 is 0 Å². The van der Waals surface area contributed by atoms with Gasteiger partial charge in [-0.3, -0.25) is 9.59 Å². The van der Waals surface area contributed by atoms with Crippen molar-refractivity contribution in [1.82, 2.24) is 0 Å². The van der Waals surface area contributed by atoms with Gasteiger partial charge in [-0.15, -0.1) is 6.58 Å². The second-order valence-electron chi connectivity index (χ2n) is 3.60. The smallest absolute Gasteiger partial charge is 0.303 e. The highest BCUT2D eigenvalue weighted by molar-refractivity contribution is 5.66. The van der Waals surface area contributed by atoms with Crippen molar-refractivity contribution in [1.29, 1.82) is 0 Å². The van der Waals surface area contributed by atoms with E-state index in [1.165, 1.54) is 19.9 Å². The van der Waals surface area contributed by atoms with Crippen molar-refractivity contribution in [2.75, 3.05) is 13.2 Å². The molecule has 0 bridgehead atoms. The van der Waals surface area contributed by atoms with Gasteiger partial charge in [0.1, 0.15) is 18.8 Å². The van der Waals surface area contributed by atoms with E-state index in [4.69, 9.17) is 14.2 Å². The Balaban J connectivity index is 4.46. The van der Waals surface area contributed by atoms with E-state index in [1.54, 1.807) is 6.08 Å². The number of rotatable bonds is 9. The summed E-state index contributed by atoms with van der Waals surface area (Å²) in [5.41, 5.74) is 0. The van der Waals surface area contributed by atoms with Crippen LogP contribution in [0, 0.1) is 0 Å². The van der Waals surface area contributed by atoms with Crippen molar-refractivity contribution in [3.63, 3.8) is 0 Å². The molecular weight excluding hydrogens is 236 g/mol. The molecule has 0 saturated heterocycles. The van der Waals surface area contributed by atoms with Gasteiger partial charge in [-0.2, -0.15) is 0 Å². The summed E-state index contributed by atoms with van der Waals surface area (Å²) in [7, 11) is 0. The van der Waals surface area contributed by atoms with Crippen LogP contribution in [0.25, 0.3) is 0 Å². The third-order valence-corrected chi connectivity index (χ3v) is 2.01. The fraction of sp³-hybridized carbons (Fsp3) is 0.538. The van der Waals surface area contributed by atoms with Crippen LogP contribution in [0.15, 0.2) is 25.3 Å². The standard InChI is InChI=1S/C13H20O5/c1-5-7-8-16-13(9-17-10(3)14)12(6-2)18-11(4)15/h5-6,12-13H,1-2,7-9H2,3-4H3/t12-,13-/m1/s1. The molecule has 0 spiro atoms. The molecule has 0 aromatic rings. The molecule has 0 heterocycles. The van der Waals surface area contributed by atoms with Gasteiger partial charge in [0.05, 0.1) is 6.61 Å². The van der Waals surface area contributed by atoms with Crippen LogP contribution >= 0.6 is 0 Å². The normalized spacial score (nSPS) is 13.2. The number of carbonyl (C=O) groups excluding carboxylic acids is 2. The Morgan fingerprint density at radius 1 is 1.22 bits per heavy atom. The predicted octanol–water partition coefficient (Wildman–Crippen LogP) is 1.63. The summed E-state index contributed by atoms with van der Waals surface area (Å²) in [4.78, 5) is 21.7. The van der Waals surface area contributed by atoms with E-state index in [0.717, 1.165) is 0 Å². The third kappa shape index (κ3) is 7.62. The summed E-state index contributed by atoms with van der Waals surface area (Å²) in [5, 5.41) is 0. The molecule has 0 unspecified atom stereocenters. The first-order valence-electron chi connectivity index (χ1n) is 5.66. The molecule has 0 radical (unpaired) electrons. The molecule has 0 amide bonds. The molecule has 0 aromatic heterocycles. The molecule has 0 aliphatic carbocycles. The molecule has 0 saturated carbocycles. The minimum Gasteiger partial charge on any atom is -0.463 e. The van der Waals surface area contributed by atoms with Gasteiger partial charge in [-0.05, 0) is 12.5 Å². The van der Waals surface area contributed by atoms with Crippen molar-refractivity contribution in [2.24, 2.45) is 0 Å². The second kappa shape index (κ2) is 9.41. The number of hydrogen-bond donors (Lipinski definition) is 0. The minimum atomic E-state index is -0.647. The molecule has 0 aliphatic rings. The molecule has 5 nitrogen and oxygen atoms in total. The largest absolute Gasteiger partial charge is 0.463 e. The van der Waals surface area contributed by atoms with Crippen LogP contribution in [-0.4, -0.2) is 37.4 Å². The van der Waals surface area contributed by atoms with E-state index in [2.05, 4.69) is 13.2 Å². The highest BCUT2D eigenvalue weighted by atomic mass is 16.6. The maximum Gasteiger partial charge on any atom is 0.303 e. The topological polar surface area (TPSA) is 61.8 Å². The summed E-state index contributed by atoms with van der Waals surface area (Å²) >= 11 is 0. The van der Waals surface area contributed by atoms with E-state index in [1.807, 2.05) is 0 Å². The minimum absolute atomic E-state index is 0.0104. The Kier molecular flexibility index (Phi) is 8.57. The molecule has 0 fully saturated rings. The summed E-state index contributed by atoms with van der Waals surface area (Å²) in [6.07, 6.45) is 2.60. The second-order valence-corrected chi connectivity index (χ2v) is 3.60. The zero-order chi connectivity index (χ0) is 14.0. The highest BCUT2D eigenvalue weighted by Crippen LogP contribution is 2.08. The van der Waals surface area contributed by atoms with Gasteiger partial charge in [0.15, 0.2) is 0 Å². The first kappa shape index (κ1) is 16.4. The van der Waals surface area contributed by atoms with Gasteiger partial charge in [0, 0.05) is 13.8 Å². The van der Waals surface area contributed by atoms with Crippen LogP contribution in [0.2, 0.25) is 0 Å². The highest BCUT2D eigenvalue weighted by Gasteiger charge is 2.23. The molecule has 0 N–H and O–H groups in total. The molecule has 0 aliphatic heterocycles. The monoisotopic (exact) mass is 256 g/mol. The quantitative estimate of drug-likeness (QED) is 0.356. The fourth-order valence-electron chi connectivity index (χ4n) is 1.21. The lowest BCUT2D eigenvalue weighted by molar-refractivity contribution is -0.158. The van der Waals surface area contributed by atoms with E-state index in [0.29, 0.717) is 13.0 Å². The number of carbonyl (C=O) groups is 2. The van der Waals surface area contributed by atoms with Crippen LogP contribution in [0.4, 0.5) is 0 Å². The lowest BCUT2D eigenvalue weighted by Crippen LogP contribution is -2.36. The van der Waals surface area contributed by atoms with Gasteiger partial charge in [-0.25, -0.2) is 0 Å². The summed E-state index contributed by atoms with van der Waals surface area (Å²) in [6.45, 7) is 10.2. The van der Waals surface area contributed by atoms with Crippen LogP contribution < -0.4 is 0 Å². The number of ether oxygens (including phenoxy) is 3. The Labute approximate surface area is 107 Å². The molecule has 2 atom stereocenters. The molecule has 0 aromatic carbocycles. The van der Waals surface area contributed by atoms with Crippen LogP contribution in [-0.2, 0) is 23.8 Å². The predicted molar refractivity (Wildman–Crippen MR) is 66.9 cm³/mol. The SMILES string of the molecule is C=CCCO[C@H](COC(C)=O)[C@@H](C=C)OC(C)=O. The Morgan fingerprint density at radius 2 is 1.89 bits per heavy atom. The Hall–Kier alpha value is -1.62. The lowest BCUT2D eigenvalue weighted by Gasteiger charge is -2.23. The average Bonchev–Trinajstić information content (AvgIpc) is 2.30. The van der Waals surface area contributed by atoms with Crippen molar-refractivity contribution in [2.45, 2.75) is 32.5 Å². The van der Waals surface area contributed by atoms with Crippen LogP contribution in [0.3, 0.4) is 0 Å². The molecule has 0 rings (SSSR count). The van der Waals surface area contributed by atoms with Gasteiger partial charge in [0.25, 0.3) is 0 Å². The zero-order valence-corrected chi connectivity index (χ0v) is 10.9. The Morgan fingerprint density at radius 3 is 2.33 bits per heavy atom. The van der Waals surface area contributed by atoms with Gasteiger partial charge in [-0.1, -0.05) is 12.7 Å². The van der Waals surface area contributed by atoms with Gasteiger partial charge < -0.3 is 14.2 Å². The van der Waals surface area contributed by atoms with Gasteiger partial charge >= 0.3 is 11.9 Å². The average molecular weight is 256 g/mol. The van der Waals surface area contributed by atoms with Crippen LogP contribution in [0.1, 0.15) is 20.3 Å². The molecule has 18 heavy (non-hydrogen) atoms. The summed E-state index contributed by atoms with van der Waals surface area (Å²) in [5.74, 6) is -0.863. The molecular formula is C13H20O5. The molecule has 102 valence electrons. The maximum atomic E-state index is 10.9. The summed E-state index contributed by atoms with van der Waals surface area (Å²) < 4.78 is 15.4. The Bertz CT molecular complexity index is 298. The van der Waals surface area contributed by atoms with Crippen molar-refractivity contribution >= 4 is 11.9 Å². The first-order valence-corrected chi connectivity index (χ1v) is 5.66.